The highest BCUT2D eigenvalue weighted by atomic mass is 15.1. The van der Waals surface area contributed by atoms with Gasteiger partial charge in [-0.25, -0.2) is 0 Å². The van der Waals surface area contributed by atoms with E-state index in [0.717, 1.165) is 12.8 Å². The van der Waals surface area contributed by atoms with Crippen LogP contribution in [-0.2, 0) is 6.42 Å². The Morgan fingerprint density at radius 1 is 1.30 bits per heavy atom. The number of likely N-dealkylation sites (tertiary alicyclic amines) is 1. The van der Waals surface area contributed by atoms with Crippen LogP contribution in [0, 0.1) is 12.3 Å². The lowest BCUT2D eigenvalue weighted by Gasteiger charge is -2.33. The van der Waals surface area contributed by atoms with Gasteiger partial charge in [-0.1, -0.05) is 43.2 Å². The minimum absolute atomic E-state index is 0.246. The standard InChI is InChI=1S/C18H26N2/c1-3-17(4-2)19-18-11-14-20(15-12-18)13-10-16-8-6-5-7-9-16/h1,5-9,17-19H,4,10-15H2,2H3. The van der Waals surface area contributed by atoms with E-state index < -0.39 is 0 Å². The van der Waals surface area contributed by atoms with E-state index in [1.54, 1.807) is 0 Å². The van der Waals surface area contributed by atoms with Gasteiger partial charge in [0, 0.05) is 12.6 Å². The summed E-state index contributed by atoms with van der Waals surface area (Å²) in [7, 11) is 0. The number of benzene rings is 1. The van der Waals surface area contributed by atoms with Crippen LogP contribution in [0.5, 0.6) is 0 Å². The summed E-state index contributed by atoms with van der Waals surface area (Å²) >= 11 is 0. The Morgan fingerprint density at radius 2 is 2.00 bits per heavy atom. The maximum atomic E-state index is 5.52. The predicted octanol–water partition coefficient (Wildman–Crippen LogP) is 2.69. The van der Waals surface area contributed by atoms with Gasteiger partial charge in [-0.15, -0.1) is 6.42 Å². The summed E-state index contributed by atoms with van der Waals surface area (Å²) in [5.41, 5.74) is 1.44. The lowest BCUT2D eigenvalue weighted by molar-refractivity contribution is 0.196. The summed E-state index contributed by atoms with van der Waals surface area (Å²) in [6, 6.07) is 11.6. The molecule has 0 bridgehead atoms. The molecular formula is C18H26N2. The molecule has 108 valence electrons. The molecular weight excluding hydrogens is 244 g/mol. The predicted molar refractivity (Wildman–Crippen MR) is 85.7 cm³/mol. The van der Waals surface area contributed by atoms with E-state index in [0.29, 0.717) is 6.04 Å². The van der Waals surface area contributed by atoms with Gasteiger partial charge >= 0.3 is 0 Å². The Labute approximate surface area is 123 Å². The molecule has 1 unspecified atom stereocenters. The van der Waals surface area contributed by atoms with Crippen molar-refractivity contribution >= 4 is 0 Å². The van der Waals surface area contributed by atoms with Crippen molar-refractivity contribution in [2.75, 3.05) is 19.6 Å². The average molecular weight is 270 g/mol. The van der Waals surface area contributed by atoms with Gasteiger partial charge in [0.15, 0.2) is 0 Å². The number of piperidine rings is 1. The first-order valence-electron chi connectivity index (χ1n) is 7.80. The number of hydrogen-bond donors (Lipinski definition) is 1. The number of terminal acetylenes is 1. The van der Waals surface area contributed by atoms with E-state index >= 15 is 0 Å². The monoisotopic (exact) mass is 270 g/mol. The van der Waals surface area contributed by atoms with Crippen molar-refractivity contribution in [3.63, 3.8) is 0 Å². The molecule has 1 aromatic carbocycles. The summed E-state index contributed by atoms with van der Waals surface area (Å²) in [5.74, 6) is 2.83. The fourth-order valence-corrected chi connectivity index (χ4v) is 2.82. The Hall–Kier alpha value is -1.30. The third-order valence-electron chi connectivity index (χ3n) is 4.19. The van der Waals surface area contributed by atoms with Gasteiger partial charge in [0.2, 0.25) is 0 Å². The topological polar surface area (TPSA) is 15.3 Å². The molecule has 1 aliphatic heterocycles. The summed E-state index contributed by atoms with van der Waals surface area (Å²) in [6.07, 6.45) is 10.1. The van der Waals surface area contributed by atoms with Crippen molar-refractivity contribution in [2.24, 2.45) is 0 Å². The Balaban J connectivity index is 1.68. The van der Waals surface area contributed by atoms with Crippen LogP contribution in [0.1, 0.15) is 31.7 Å². The lowest BCUT2D eigenvalue weighted by atomic mass is 10.0. The molecule has 0 aliphatic carbocycles. The number of nitrogens with zero attached hydrogens (tertiary/aromatic N) is 1. The first-order valence-corrected chi connectivity index (χ1v) is 7.80. The second kappa shape index (κ2) is 8.09. The van der Waals surface area contributed by atoms with E-state index in [1.807, 2.05) is 0 Å². The summed E-state index contributed by atoms with van der Waals surface area (Å²) in [6.45, 7) is 5.69. The third kappa shape index (κ3) is 4.67. The highest BCUT2D eigenvalue weighted by molar-refractivity contribution is 5.14. The first kappa shape index (κ1) is 15.1. The zero-order valence-electron chi connectivity index (χ0n) is 12.5. The first-order chi connectivity index (χ1) is 9.81. The molecule has 20 heavy (non-hydrogen) atoms. The molecule has 0 radical (unpaired) electrons. The van der Waals surface area contributed by atoms with E-state index in [2.05, 4.69) is 53.4 Å². The Kier molecular flexibility index (Phi) is 6.11. The fourth-order valence-electron chi connectivity index (χ4n) is 2.82. The molecule has 1 N–H and O–H groups in total. The molecule has 0 amide bonds. The van der Waals surface area contributed by atoms with Crippen molar-refractivity contribution in [3.05, 3.63) is 35.9 Å². The van der Waals surface area contributed by atoms with Crippen LogP contribution in [0.3, 0.4) is 0 Å². The number of nitrogens with one attached hydrogen (secondary N) is 1. The van der Waals surface area contributed by atoms with Gasteiger partial charge in [0.05, 0.1) is 6.04 Å². The molecule has 1 aliphatic rings. The molecule has 1 fully saturated rings. The van der Waals surface area contributed by atoms with Crippen LogP contribution >= 0.6 is 0 Å². The molecule has 0 spiro atoms. The van der Waals surface area contributed by atoms with Gasteiger partial charge in [0.1, 0.15) is 0 Å². The van der Waals surface area contributed by atoms with Crippen LogP contribution in [0.15, 0.2) is 30.3 Å². The summed E-state index contributed by atoms with van der Waals surface area (Å²) in [4.78, 5) is 2.57. The molecule has 1 aromatic rings. The van der Waals surface area contributed by atoms with Crippen LogP contribution in [0.2, 0.25) is 0 Å². The highest BCUT2D eigenvalue weighted by Gasteiger charge is 2.20. The third-order valence-corrected chi connectivity index (χ3v) is 4.19. The van der Waals surface area contributed by atoms with Gasteiger partial charge in [-0.3, -0.25) is 0 Å². The second-order valence-electron chi connectivity index (χ2n) is 5.65. The van der Waals surface area contributed by atoms with Gasteiger partial charge < -0.3 is 10.2 Å². The summed E-state index contributed by atoms with van der Waals surface area (Å²) < 4.78 is 0. The highest BCUT2D eigenvalue weighted by Crippen LogP contribution is 2.12. The van der Waals surface area contributed by atoms with Crippen molar-refractivity contribution in [2.45, 2.75) is 44.7 Å². The molecule has 2 nitrogen and oxygen atoms in total. The zero-order chi connectivity index (χ0) is 14.2. The molecule has 0 saturated carbocycles. The lowest BCUT2D eigenvalue weighted by Crippen LogP contribution is -2.46. The van der Waals surface area contributed by atoms with Gasteiger partial charge in [-0.05, 0) is 44.3 Å². The van der Waals surface area contributed by atoms with E-state index in [1.165, 1.54) is 38.0 Å². The maximum absolute atomic E-state index is 5.52. The van der Waals surface area contributed by atoms with Crippen LogP contribution in [0.25, 0.3) is 0 Å². The number of hydrogen-bond acceptors (Lipinski definition) is 2. The SMILES string of the molecule is C#CC(CC)NC1CCN(CCc2ccccc2)CC1. The quantitative estimate of drug-likeness (QED) is 0.800. The minimum atomic E-state index is 0.246. The summed E-state index contributed by atoms with van der Waals surface area (Å²) in [5, 5.41) is 3.59. The minimum Gasteiger partial charge on any atom is -0.303 e. The van der Waals surface area contributed by atoms with Crippen molar-refractivity contribution in [1.82, 2.24) is 10.2 Å². The van der Waals surface area contributed by atoms with Gasteiger partial charge in [0.25, 0.3) is 0 Å². The van der Waals surface area contributed by atoms with Crippen LogP contribution in [0.4, 0.5) is 0 Å². The Bertz CT molecular complexity index is 413. The maximum Gasteiger partial charge on any atom is 0.0686 e. The largest absolute Gasteiger partial charge is 0.303 e. The van der Waals surface area contributed by atoms with Crippen molar-refractivity contribution in [3.8, 4) is 12.3 Å². The Morgan fingerprint density at radius 3 is 2.60 bits per heavy atom. The second-order valence-corrected chi connectivity index (χ2v) is 5.65. The molecule has 1 saturated heterocycles. The number of rotatable bonds is 6. The average Bonchev–Trinajstić information content (AvgIpc) is 2.53. The van der Waals surface area contributed by atoms with E-state index in [-0.39, 0.29) is 6.04 Å². The van der Waals surface area contributed by atoms with E-state index in [9.17, 15) is 0 Å². The van der Waals surface area contributed by atoms with Gasteiger partial charge in [-0.2, -0.15) is 0 Å². The zero-order valence-corrected chi connectivity index (χ0v) is 12.5. The molecule has 1 atom stereocenters. The van der Waals surface area contributed by atoms with Crippen LogP contribution in [-0.4, -0.2) is 36.6 Å². The smallest absolute Gasteiger partial charge is 0.0686 e. The fraction of sp³-hybridized carbons (Fsp3) is 0.556. The van der Waals surface area contributed by atoms with Crippen molar-refractivity contribution in [1.29, 1.82) is 0 Å². The normalized spacial score (nSPS) is 18.6. The molecule has 0 aromatic heterocycles. The molecule has 2 rings (SSSR count). The van der Waals surface area contributed by atoms with Crippen LogP contribution < -0.4 is 5.32 Å². The molecule has 2 heteroatoms. The van der Waals surface area contributed by atoms with Crippen molar-refractivity contribution < 1.29 is 0 Å². The molecule has 1 heterocycles. The van der Waals surface area contributed by atoms with E-state index in [4.69, 9.17) is 6.42 Å².